The molecule has 1 saturated heterocycles. The summed E-state index contributed by atoms with van der Waals surface area (Å²) in [5, 5.41) is 23.2. The summed E-state index contributed by atoms with van der Waals surface area (Å²) in [6, 6.07) is 9.88. The minimum atomic E-state index is -1.91. The molecule has 1 aliphatic heterocycles. The van der Waals surface area contributed by atoms with Crippen LogP contribution in [0.1, 0.15) is 37.8 Å². The maximum absolute atomic E-state index is 12.4. The van der Waals surface area contributed by atoms with Crippen LogP contribution in [0.15, 0.2) is 24.3 Å². The lowest BCUT2D eigenvalue weighted by Crippen LogP contribution is -2.59. The van der Waals surface area contributed by atoms with E-state index < -0.39 is 34.6 Å². The van der Waals surface area contributed by atoms with Crippen molar-refractivity contribution in [3.05, 3.63) is 35.4 Å². The summed E-state index contributed by atoms with van der Waals surface area (Å²) in [4.78, 5) is 36.3. The lowest BCUT2D eigenvalue weighted by atomic mass is 9.86. The van der Waals surface area contributed by atoms with Crippen LogP contribution in [0.3, 0.4) is 0 Å². The van der Waals surface area contributed by atoms with Crippen LogP contribution in [-0.4, -0.2) is 17.8 Å². The van der Waals surface area contributed by atoms with Crippen molar-refractivity contribution in [3.63, 3.8) is 0 Å². The Morgan fingerprint density at radius 3 is 1.84 bits per heavy atom. The minimum absolute atomic E-state index is 0.0900. The maximum atomic E-state index is 12.4. The number of nitrogens with one attached hydrogen (secondary N) is 2. The first-order chi connectivity index (χ1) is 11.6. The van der Waals surface area contributed by atoms with E-state index in [0.29, 0.717) is 5.56 Å². The van der Waals surface area contributed by atoms with E-state index in [2.05, 4.69) is 0 Å². The van der Waals surface area contributed by atoms with Crippen LogP contribution in [0.4, 0.5) is 4.79 Å². The number of nitrogens with zero attached hydrogens (tertiary/aromatic N) is 2. The topological polar surface area (TPSA) is 123 Å². The molecular formula is C18H16N4O3. The van der Waals surface area contributed by atoms with Gasteiger partial charge in [0.1, 0.15) is 0 Å². The van der Waals surface area contributed by atoms with Gasteiger partial charge in [0.25, 0.3) is 0 Å². The number of amides is 4. The quantitative estimate of drug-likeness (QED) is 0.752. The SMILES string of the molecule is CC(C)(C)c1ccc(C2C(C#N)(C#N)C23C(=O)NC(=O)NC3=O)cc1. The van der Waals surface area contributed by atoms with Gasteiger partial charge in [-0.1, -0.05) is 45.0 Å². The van der Waals surface area contributed by atoms with Gasteiger partial charge in [0.15, 0.2) is 10.8 Å². The number of hydrogen-bond donors (Lipinski definition) is 2. The van der Waals surface area contributed by atoms with Gasteiger partial charge in [0.05, 0.1) is 12.1 Å². The average molecular weight is 336 g/mol. The van der Waals surface area contributed by atoms with Crippen LogP contribution in [0, 0.1) is 33.5 Å². The molecule has 1 atom stereocenters. The van der Waals surface area contributed by atoms with Gasteiger partial charge in [0, 0.05) is 5.92 Å². The second-order valence-corrected chi connectivity index (χ2v) is 7.38. The molecule has 3 rings (SSSR count). The van der Waals surface area contributed by atoms with Crippen molar-refractivity contribution in [3.8, 4) is 12.1 Å². The van der Waals surface area contributed by atoms with Crippen LogP contribution in [0.25, 0.3) is 0 Å². The molecular weight excluding hydrogens is 320 g/mol. The zero-order chi connectivity index (χ0) is 18.6. The standard InChI is InChI=1S/C18H16N4O3/c1-16(2,3)11-6-4-10(5-7-11)12-17(8-19,9-20)18(12)13(23)21-15(25)22-14(18)24/h4-7,12H,1-3H3,(H2,21,22,23,24,25). The molecule has 2 aliphatic rings. The predicted octanol–water partition coefficient (Wildman–Crippen LogP) is 1.47. The molecule has 1 unspecified atom stereocenters. The third-order valence-corrected chi connectivity index (χ3v) is 5.04. The highest BCUT2D eigenvalue weighted by Gasteiger charge is 2.88. The first kappa shape index (κ1) is 16.7. The Kier molecular flexibility index (Phi) is 3.27. The molecule has 1 aromatic rings. The van der Waals surface area contributed by atoms with Crippen LogP contribution in [0.2, 0.25) is 0 Å². The Morgan fingerprint density at radius 1 is 0.960 bits per heavy atom. The Labute approximate surface area is 144 Å². The Hall–Kier alpha value is -3.19. The van der Waals surface area contributed by atoms with E-state index in [9.17, 15) is 24.9 Å². The fourth-order valence-corrected chi connectivity index (χ4v) is 3.64. The van der Waals surface area contributed by atoms with Gasteiger partial charge in [-0.3, -0.25) is 20.2 Å². The van der Waals surface area contributed by atoms with Crippen molar-refractivity contribution in [2.45, 2.75) is 32.1 Å². The number of carbonyl (C=O) groups is 3. The largest absolute Gasteiger partial charge is 0.328 e. The zero-order valence-electron chi connectivity index (χ0n) is 14.0. The number of imide groups is 2. The molecule has 25 heavy (non-hydrogen) atoms. The Bertz CT molecular complexity index is 847. The van der Waals surface area contributed by atoms with Crippen LogP contribution in [-0.2, 0) is 15.0 Å². The first-order valence-electron chi connectivity index (χ1n) is 7.75. The summed E-state index contributed by atoms with van der Waals surface area (Å²) in [7, 11) is 0. The van der Waals surface area contributed by atoms with Crippen molar-refractivity contribution in [2.75, 3.05) is 0 Å². The normalized spacial score (nSPS) is 23.2. The van der Waals surface area contributed by atoms with E-state index in [1.165, 1.54) is 0 Å². The summed E-state index contributed by atoms with van der Waals surface area (Å²) in [5.74, 6) is -2.75. The highest BCUT2D eigenvalue weighted by molar-refractivity contribution is 6.24. The second kappa shape index (κ2) is 4.90. The van der Waals surface area contributed by atoms with Gasteiger partial charge in [-0.2, -0.15) is 10.5 Å². The second-order valence-electron chi connectivity index (χ2n) is 7.38. The van der Waals surface area contributed by atoms with Gasteiger partial charge >= 0.3 is 6.03 Å². The van der Waals surface area contributed by atoms with Gasteiger partial charge < -0.3 is 0 Å². The fraction of sp³-hybridized carbons (Fsp3) is 0.389. The minimum Gasteiger partial charge on any atom is -0.277 e. The lowest BCUT2D eigenvalue weighted by molar-refractivity contribution is -0.139. The summed E-state index contributed by atoms with van der Waals surface area (Å²) in [5.41, 5.74) is -2.26. The lowest BCUT2D eigenvalue weighted by Gasteiger charge is -2.22. The summed E-state index contributed by atoms with van der Waals surface area (Å²) >= 11 is 0. The number of urea groups is 1. The van der Waals surface area contributed by atoms with Crippen LogP contribution in [0.5, 0.6) is 0 Å². The maximum Gasteiger partial charge on any atom is 0.328 e. The molecule has 0 bridgehead atoms. The van der Waals surface area contributed by atoms with Crippen LogP contribution < -0.4 is 10.6 Å². The highest BCUT2D eigenvalue weighted by atomic mass is 16.2. The van der Waals surface area contributed by atoms with Gasteiger partial charge in [-0.15, -0.1) is 0 Å². The number of rotatable bonds is 1. The molecule has 1 spiro atoms. The Morgan fingerprint density at radius 2 is 1.44 bits per heavy atom. The summed E-state index contributed by atoms with van der Waals surface area (Å²) < 4.78 is 0. The number of carbonyl (C=O) groups excluding carboxylic acids is 3. The molecule has 2 fully saturated rings. The Balaban J connectivity index is 2.11. The zero-order valence-corrected chi connectivity index (χ0v) is 14.0. The third kappa shape index (κ3) is 1.93. The first-order valence-corrected chi connectivity index (χ1v) is 7.75. The monoisotopic (exact) mass is 336 g/mol. The molecule has 1 heterocycles. The van der Waals surface area contributed by atoms with Crippen molar-refractivity contribution in [2.24, 2.45) is 10.8 Å². The summed E-state index contributed by atoms with van der Waals surface area (Å²) in [6.07, 6.45) is 0. The van der Waals surface area contributed by atoms with Crippen LogP contribution >= 0.6 is 0 Å². The number of benzene rings is 1. The number of nitriles is 2. The van der Waals surface area contributed by atoms with Crippen molar-refractivity contribution in [1.29, 1.82) is 10.5 Å². The molecule has 2 N–H and O–H groups in total. The number of barbiturate groups is 1. The average Bonchev–Trinajstić information content (AvgIpc) is 3.17. The molecule has 1 saturated carbocycles. The van der Waals surface area contributed by atoms with Gasteiger partial charge in [0.2, 0.25) is 11.8 Å². The van der Waals surface area contributed by atoms with E-state index in [1.807, 2.05) is 55.7 Å². The van der Waals surface area contributed by atoms with E-state index in [0.717, 1.165) is 5.56 Å². The number of hydrogen-bond acceptors (Lipinski definition) is 5. The molecule has 0 radical (unpaired) electrons. The third-order valence-electron chi connectivity index (χ3n) is 5.04. The smallest absolute Gasteiger partial charge is 0.277 e. The molecule has 1 aliphatic carbocycles. The fourth-order valence-electron chi connectivity index (χ4n) is 3.64. The van der Waals surface area contributed by atoms with Crippen molar-refractivity contribution < 1.29 is 14.4 Å². The summed E-state index contributed by atoms with van der Waals surface area (Å²) in [6.45, 7) is 6.13. The molecule has 7 heteroatoms. The highest BCUT2D eigenvalue weighted by Crippen LogP contribution is 2.74. The van der Waals surface area contributed by atoms with E-state index >= 15 is 0 Å². The molecule has 1 aromatic carbocycles. The predicted molar refractivity (Wildman–Crippen MR) is 85.7 cm³/mol. The van der Waals surface area contributed by atoms with Crippen molar-refractivity contribution in [1.82, 2.24) is 10.6 Å². The molecule has 7 nitrogen and oxygen atoms in total. The van der Waals surface area contributed by atoms with Crippen molar-refractivity contribution >= 4 is 17.8 Å². The molecule has 4 amide bonds. The van der Waals surface area contributed by atoms with E-state index in [1.54, 1.807) is 12.1 Å². The van der Waals surface area contributed by atoms with E-state index in [-0.39, 0.29) is 5.41 Å². The van der Waals surface area contributed by atoms with E-state index in [4.69, 9.17) is 0 Å². The van der Waals surface area contributed by atoms with Gasteiger partial charge in [-0.05, 0) is 16.5 Å². The molecule has 126 valence electrons. The molecule has 0 aromatic heterocycles. The van der Waals surface area contributed by atoms with Gasteiger partial charge in [-0.25, -0.2) is 4.79 Å².